The van der Waals surface area contributed by atoms with E-state index in [1.807, 2.05) is 38.1 Å². The number of benzene rings is 3. The maximum Gasteiger partial charge on any atom is 0.262 e. The number of phenols is 1. The second-order valence-electron chi connectivity index (χ2n) is 16.8. The van der Waals surface area contributed by atoms with Crippen LogP contribution in [0.25, 0.3) is 33.4 Å². The van der Waals surface area contributed by atoms with Crippen LogP contribution in [0.15, 0.2) is 89.6 Å². The minimum absolute atomic E-state index is 0.0588. The predicted octanol–water partition coefficient (Wildman–Crippen LogP) is 5.68. The quantitative estimate of drug-likeness (QED) is 0.147. The summed E-state index contributed by atoms with van der Waals surface area (Å²) in [7, 11) is 1.56. The van der Waals surface area contributed by atoms with E-state index < -0.39 is 48.2 Å². The van der Waals surface area contributed by atoms with E-state index in [1.54, 1.807) is 31.3 Å². The second kappa shape index (κ2) is 15.5. The van der Waals surface area contributed by atoms with Gasteiger partial charge in [-0.1, -0.05) is 61.5 Å². The van der Waals surface area contributed by atoms with Crippen LogP contribution in [0.2, 0.25) is 0 Å². The van der Waals surface area contributed by atoms with E-state index in [0.29, 0.717) is 28.4 Å². The lowest BCUT2D eigenvalue weighted by molar-refractivity contribution is -0.141. The fourth-order valence-electron chi connectivity index (χ4n) is 9.03. The molecule has 6 heterocycles. The Kier molecular flexibility index (Phi) is 10.2. The number of carbonyl (C=O) groups is 2. The van der Waals surface area contributed by atoms with Crippen molar-refractivity contribution >= 4 is 34.2 Å². The number of hydrogen-bond donors (Lipinski definition) is 3. The summed E-state index contributed by atoms with van der Waals surface area (Å²) < 4.78 is 50.3. The van der Waals surface area contributed by atoms with Crippen LogP contribution in [-0.2, 0) is 16.6 Å². The summed E-state index contributed by atoms with van der Waals surface area (Å²) in [5.41, 5.74) is 3.78. The number of likely N-dealkylation sites (tertiary alicyclic amines) is 1. The molecule has 2 amide bonds. The molecule has 0 aliphatic carbocycles. The Balaban J connectivity index is 0.831. The number of fused-ring (bicyclic) bond motifs is 1. The smallest absolute Gasteiger partial charge is 0.262 e. The summed E-state index contributed by atoms with van der Waals surface area (Å²) in [6.07, 6.45) is -3.11. The predicted molar refractivity (Wildman–Crippen MR) is 219 cm³/mol. The highest BCUT2D eigenvalue weighted by Crippen LogP contribution is 2.45. The van der Waals surface area contributed by atoms with Gasteiger partial charge in [0.2, 0.25) is 11.8 Å². The molecule has 3 aromatic heterocycles. The van der Waals surface area contributed by atoms with Gasteiger partial charge in [0.25, 0.3) is 6.43 Å². The van der Waals surface area contributed by atoms with Gasteiger partial charge in [0.15, 0.2) is 17.4 Å². The van der Waals surface area contributed by atoms with E-state index in [0.717, 1.165) is 49.0 Å². The van der Waals surface area contributed by atoms with Crippen molar-refractivity contribution < 1.29 is 37.5 Å². The van der Waals surface area contributed by atoms with Crippen LogP contribution in [0.5, 0.6) is 5.75 Å². The molecule has 1 spiro atoms. The number of carbonyl (C=O) groups excluding carboxylic acids is 2. The summed E-state index contributed by atoms with van der Waals surface area (Å²) in [6.45, 7) is 6.67. The highest BCUT2D eigenvalue weighted by atomic mass is 19.3. The molecule has 3 aliphatic heterocycles. The molecule has 0 bridgehead atoms. The first-order valence-corrected chi connectivity index (χ1v) is 20.1. The van der Waals surface area contributed by atoms with Crippen molar-refractivity contribution in [3.63, 3.8) is 0 Å². The van der Waals surface area contributed by atoms with Crippen LogP contribution >= 0.6 is 0 Å². The SMILES string of the molecule is CC(C)[C@@H](C(=O)N1C[C@H](O)C[C@H]1C(=O)N[C@H](c1ccc(-c2c(F)cnn2C)cc1)C(F)F)c1cc(N2CC3(CN(c4ccc5cc(-c6ccccc6O)nnc5c4)C3)C2)no1. The molecule has 6 aromatic rings. The number of aliphatic hydroxyl groups excluding tert-OH is 1. The number of aromatic nitrogens is 5. The number of para-hydroxylation sites is 1. The van der Waals surface area contributed by atoms with Gasteiger partial charge in [-0.3, -0.25) is 14.3 Å². The first-order chi connectivity index (χ1) is 29.3. The zero-order chi connectivity index (χ0) is 42.7. The number of aromatic hydroxyl groups is 1. The molecule has 3 saturated heterocycles. The summed E-state index contributed by atoms with van der Waals surface area (Å²) in [6, 6.07) is 19.6. The second-order valence-corrected chi connectivity index (χ2v) is 16.8. The number of alkyl halides is 2. The van der Waals surface area contributed by atoms with E-state index in [1.165, 1.54) is 33.8 Å². The number of rotatable bonds is 11. The molecule has 0 unspecified atom stereocenters. The van der Waals surface area contributed by atoms with Crippen LogP contribution < -0.4 is 15.1 Å². The first kappa shape index (κ1) is 39.9. The molecule has 3 aromatic carbocycles. The largest absolute Gasteiger partial charge is 0.507 e. The van der Waals surface area contributed by atoms with Gasteiger partial charge in [-0.2, -0.15) is 5.10 Å². The number of nitrogens with zero attached hydrogens (tertiary/aromatic N) is 8. The number of nitrogens with one attached hydrogen (secondary N) is 1. The van der Waals surface area contributed by atoms with Gasteiger partial charge in [0, 0.05) is 79.9 Å². The number of hydrogen-bond acceptors (Lipinski definition) is 11. The Hall–Kier alpha value is -6.49. The van der Waals surface area contributed by atoms with E-state index >= 15 is 0 Å². The van der Waals surface area contributed by atoms with Gasteiger partial charge in [0.05, 0.1) is 23.5 Å². The van der Waals surface area contributed by atoms with Crippen molar-refractivity contribution in [3.05, 3.63) is 102 Å². The number of halogens is 3. The third-order valence-electron chi connectivity index (χ3n) is 12.2. The van der Waals surface area contributed by atoms with Crippen LogP contribution in [-0.4, -0.2) is 103 Å². The highest BCUT2D eigenvalue weighted by Gasteiger charge is 2.53. The third-order valence-corrected chi connectivity index (χ3v) is 12.2. The van der Waals surface area contributed by atoms with Crippen molar-refractivity contribution in [2.45, 2.75) is 50.8 Å². The fraction of sp³-hybridized carbons (Fsp3) is 0.364. The summed E-state index contributed by atoms with van der Waals surface area (Å²) in [5.74, 6) is -1.97. The zero-order valence-electron chi connectivity index (χ0n) is 33.6. The summed E-state index contributed by atoms with van der Waals surface area (Å²) in [5, 5.41) is 41.2. The first-order valence-electron chi connectivity index (χ1n) is 20.1. The monoisotopic (exact) mass is 835 g/mol. The lowest BCUT2D eigenvalue weighted by Gasteiger charge is -2.61. The summed E-state index contributed by atoms with van der Waals surface area (Å²) >= 11 is 0. The minimum Gasteiger partial charge on any atom is -0.507 e. The third kappa shape index (κ3) is 7.40. The van der Waals surface area contributed by atoms with Gasteiger partial charge in [-0.25, -0.2) is 13.2 Å². The lowest BCUT2D eigenvalue weighted by Crippen LogP contribution is -2.72. The molecule has 316 valence electrons. The maximum absolute atomic E-state index is 14.5. The summed E-state index contributed by atoms with van der Waals surface area (Å²) in [4.78, 5) is 33.5. The van der Waals surface area contributed by atoms with Crippen molar-refractivity contribution in [2.75, 3.05) is 42.5 Å². The van der Waals surface area contributed by atoms with Gasteiger partial charge >= 0.3 is 0 Å². The van der Waals surface area contributed by atoms with E-state index in [9.17, 15) is 33.0 Å². The number of phenolic OH excluding ortho intramolecular Hbond substituents is 1. The fourth-order valence-corrected chi connectivity index (χ4v) is 9.03. The Morgan fingerprint density at radius 3 is 2.38 bits per heavy atom. The molecule has 4 atom stereocenters. The Morgan fingerprint density at radius 2 is 1.69 bits per heavy atom. The molecular formula is C44H44F3N9O5. The van der Waals surface area contributed by atoms with Gasteiger partial charge < -0.3 is 34.8 Å². The molecule has 3 fully saturated rings. The number of aryl methyl sites for hydroxylation is 1. The van der Waals surface area contributed by atoms with Crippen molar-refractivity contribution in [1.82, 2.24) is 35.4 Å². The Bertz CT molecular complexity index is 2580. The molecule has 17 heteroatoms. The van der Waals surface area contributed by atoms with Gasteiger partial charge in [0.1, 0.15) is 29.4 Å². The maximum atomic E-state index is 14.5. The van der Waals surface area contributed by atoms with Crippen molar-refractivity contribution in [3.8, 4) is 28.3 Å². The molecular weight excluding hydrogens is 792 g/mol. The molecule has 14 nitrogen and oxygen atoms in total. The average Bonchev–Trinajstić information content (AvgIpc) is 3.94. The molecule has 61 heavy (non-hydrogen) atoms. The average molecular weight is 836 g/mol. The minimum atomic E-state index is -3.00. The van der Waals surface area contributed by atoms with E-state index in [-0.39, 0.29) is 41.3 Å². The molecule has 3 N–H and O–H groups in total. The Morgan fingerprint density at radius 1 is 0.951 bits per heavy atom. The van der Waals surface area contributed by atoms with E-state index in [4.69, 9.17) is 4.52 Å². The standard InChI is InChI=1S/C44H44F3N9O5/c1-24(2)38(43(60)56-19-29(57)16-34(56)42(59)49-39(41(46)47)25-8-10-26(11-9-25)40-31(45)18-48-53(40)3)36-17-37(52-61-36)55-22-44(23-55)20-54(21-44)28-13-12-27-14-33(51-50-32(27)15-28)30-6-4-5-7-35(30)58/h4-15,17-18,24,29,34,38-39,41,57-58H,16,19-23H2,1-3H3,(H,49,59)/t29-,34+,38-,39-/m1/s1. The highest BCUT2D eigenvalue weighted by molar-refractivity contribution is 5.91. The number of amides is 2. The van der Waals surface area contributed by atoms with E-state index in [2.05, 4.69) is 41.6 Å². The van der Waals surface area contributed by atoms with Crippen LogP contribution in [0.1, 0.15) is 43.6 Å². The molecule has 0 radical (unpaired) electrons. The van der Waals surface area contributed by atoms with Gasteiger partial charge in [-0.05, 0) is 41.8 Å². The van der Waals surface area contributed by atoms with Crippen LogP contribution in [0.4, 0.5) is 24.7 Å². The molecule has 9 rings (SSSR count). The van der Waals surface area contributed by atoms with Crippen molar-refractivity contribution in [2.24, 2.45) is 18.4 Å². The Labute approximate surface area is 348 Å². The molecule has 3 aliphatic rings. The number of β-amino-alcohol motifs (C(OH)–C–C–N with tert-alkyl or cyclic N) is 1. The number of aliphatic hydroxyl groups is 1. The normalized spacial score (nSPS) is 19.4. The number of anilines is 2. The van der Waals surface area contributed by atoms with Crippen molar-refractivity contribution in [1.29, 1.82) is 0 Å². The van der Waals surface area contributed by atoms with Crippen LogP contribution in [0, 0.1) is 17.2 Å². The molecule has 0 saturated carbocycles. The zero-order valence-corrected chi connectivity index (χ0v) is 33.6. The van der Waals surface area contributed by atoms with Gasteiger partial charge in [-0.15, -0.1) is 10.2 Å². The van der Waals surface area contributed by atoms with Crippen LogP contribution in [0.3, 0.4) is 0 Å². The topological polar surface area (TPSA) is 166 Å². The lowest BCUT2D eigenvalue weighted by atomic mass is 9.72.